The number of nitrogens with zero attached hydrogens (tertiary/aromatic N) is 2. The summed E-state index contributed by atoms with van der Waals surface area (Å²) in [5, 5.41) is 6.24. The van der Waals surface area contributed by atoms with Crippen LogP contribution in [0.3, 0.4) is 0 Å². The number of hydrogen-bond acceptors (Lipinski definition) is 5. The van der Waals surface area contributed by atoms with Crippen LogP contribution in [-0.2, 0) is 4.79 Å². The van der Waals surface area contributed by atoms with Gasteiger partial charge in [-0.05, 0) is 12.1 Å². The third-order valence-electron chi connectivity index (χ3n) is 2.85. The highest BCUT2D eigenvalue weighted by Gasteiger charge is 2.11. The largest absolute Gasteiger partial charge is 0.345 e. The lowest BCUT2D eigenvalue weighted by Crippen LogP contribution is -2.15. The quantitative estimate of drug-likeness (QED) is 0.683. The summed E-state index contributed by atoms with van der Waals surface area (Å²) >= 11 is 1.39. The van der Waals surface area contributed by atoms with E-state index in [2.05, 4.69) is 20.3 Å². The Balaban J connectivity index is 1.88. The van der Waals surface area contributed by atoms with Crippen molar-refractivity contribution in [1.29, 1.82) is 0 Å². The monoisotopic (exact) mass is 287 g/mol. The van der Waals surface area contributed by atoms with Crippen LogP contribution in [0, 0.1) is 0 Å². The minimum absolute atomic E-state index is 0.117. The average molecular weight is 287 g/mol. The van der Waals surface area contributed by atoms with Gasteiger partial charge in [0.25, 0.3) is 0 Å². The van der Waals surface area contributed by atoms with Gasteiger partial charge in [0.05, 0.1) is 5.69 Å². The zero-order chi connectivity index (χ0) is 13.9. The molecule has 0 aliphatic carbocycles. The highest BCUT2D eigenvalue weighted by atomic mass is 32.1. The maximum atomic E-state index is 11.5. The van der Waals surface area contributed by atoms with Gasteiger partial charge >= 0.3 is 0 Å². The first-order valence-corrected chi connectivity index (χ1v) is 7.04. The van der Waals surface area contributed by atoms with Crippen molar-refractivity contribution in [2.45, 2.75) is 6.42 Å². The molecule has 0 aliphatic rings. The number of nitrogens with one attached hydrogen (secondary N) is 2. The smallest absolute Gasteiger partial charge is 0.227 e. The van der Waals surface area contributed by atoms with E-state index < -0.39 is 0 Å². The Kier molecular flexibility index (Phi) is 3.44. The Bertz CT molecular complexity index is 748. The highest BCUT2D eigenvalue weighted by molar-refractivity contribution is 7.14. The number of aromatic amines is 1. The van der Waals surface area contributed by atoms with Crippen LogP contribution in [0.1, 0.15) is 6.42 Å². The minimum Gasteiger partial charge on any atom is -0.345 e. The van der Waals surface area contributed by atoms with Crippen LogP contribution in [0.5, 0.6) is 0 Å². The number of thiazole rings is 1. The fourth-order valence-electron chi connectivity index (χ4n) is 1.94. The molecule has 3 heterocycles. The molecule has 6 nitrogen and oxygen atoms in total. The molecule has 0 aromatic carbocycles. The van der Waals surface area contributed by atoms with E-state index in [0.717, 1.165) is 22.3 Å². The van der Waals surface area contributed by atoms with Crippen molar-refractivity contribution in [3.8, 4) is 11.3 Å². The first-order chi connectivity index (χ1) is 9.78. The van der Waals surface area contributed by atoms with Crippen LogP contribution < -0.4 is 11.1 Å². The zero-order valence-corrected chi connectivity index (χ0v) is 11.4. The summed E-state index contributed by atoms with van der Waals surface area (Å²) < 4.78 is 0. The van der Waals surface area contributed by atoms with Crippen molar-refractivity contribution in [1.82, 2.24) is 15.0 Å². The molecule has 0 bridgehead atoms. The molecule has 0 fully saturated rings. The summed E-state index contributed by atoms with van der Waals surface area (Å²) in [5.41, 5.74) is 7.95. The van der Waals surface area contributed by atoms with E-state index in [0.29, 0.717) is 18.1 Å². The predicted molar refractivity (Wildman–Crippen MR) is 79.5 cm³/mol. The number of carbonyl (C=O) groups is 1. The third kappa shape index (κ3) is 2.40. The Morgan fingerprint density at radius 1 is 1.50 bits per heavy atom. The predicted octanol–water partition coefficient (Wildman–Crippen LogP) is 1.97. The lowest BCUT2D eigenvalue weighted by molar-refractivity contribution is -0.116. The molecule has 3 rings (SSSR count). The first-order valence-electron chi connectivity index (χ1n) is 6.16. The van der Waals surface area contributed by atoms with E-state index >= 15 is 0 Å². The normalized spacial score (nSPS) is 10.8. The number of aromatic nitrogens is 3. The van der Waals surface area contributed by atoms with Gasteiger partial charge in [-0.1, -0.05) is 0 Å². The number of rotatable bonds is 4. The summed E-state index contributed by atoms with van der Waals surface area (Å²) in [6, 6.07) is 3.87. The van der Waals surface area contributed by atoms with Crippen molar-refractivity contribution in [2.24, 2.45) is 5.73 Å². The summed E-state index contributed by atoms with van der Waals surface area (Å²) in [6.45, 7) is 0.332. The SMILES string of the molecule is NCCC(=O)Nc1nc(-c2c[nH]c3ncccc23)cs1. The summed E-state index contributed by atoms with van der Waals surface area (Å²) in [6.07, 6.45) is 3.91. The van der Waals surface area contributed by atoms with E-state index in [1.54, 1.807) is 6.20 Å². The Morgan fingerprint density at radius 2 is 2.40 bits per heavy atom. The molecular weight excluding hydrogens is 274 g/mol. The van der Waals surface area contributed by atoms with E-state index in [4.69, 9.17) is 5.73 Å². The molecule has 0 atom stereocenters. The van der Waals surface area contributed by atoms with Crippen molar-refractivity contribution in [3.05, 3.63) is 29.9 Å². The molecule has 102 valence electrons. The van der Waals surface area contributed by atoms with Crippen LogP contribution in [0.2, 0.25) is 0 Å². The Morgan fingerprint density at radius 3 is 3.25 bits per heavy atom. The van der Waals surface area contributed by atoms with E-state index in [-0.39, 0.29) is 5.91 Å². The van der Waals surface area contributed by atoms with Gasteiger partial charge in [0.2, 0.25) is 5.91 Å². The number of hydrogen-bond donors (Lipinski definition) is 3. The number of carbonyl (C=O) groups excluding carboxylic acids is 1. The molecule has 1 amide bonds. The number of pyridine rings is 1. The molecule has 4 N–H and O–H groups in total. The topological polar surface area (TPSA) is 96.7 Å². The van der Waals surface area contributed by atoms with Crippen molar-refractivity contribution in [2.75, 3.05) is 11.9 Å². The molecule has 3 aromatic heterocycles. The van der Waals surface area contributed by atoms with Crippen molar-refractivity contribution >= 4 is 33.4 Å². The Labute approximate surface area is 119 Å². The van der Waals surface area contributed by atoms with Gasteiger partial charge in [-0.25, -0.2) is 9.97 Å². The fourth-order valence-corrected chi connectivity index (χ4v) is 2.66. The van der Waals surface area contributed by atoms with Crippen LogP contribution in [-0.4, -0.2) is 27.4 Å². The molecule has 0 saturated carbocycles. The second kappa shape index (κ2) is 5.40. The van der Waals surface area contributed by atoms with Crippen LogP contribution >= 0.6 is 11.3 Å². The second-order valence-corrected chi connectivity index (χ2v) is 5.08. The number of nitrogens with two attached hydrogens (primary N) is 1. The molecule has 7 heteroatoms. The molecular formula is C13H13N5OS. The highest BCUT2D eigenvalue weighted by Crippen LogP contribution is 2.30. The van der Waals surface area contributed by atoms with Gasteiger partial charge in [-0.15, -0.1) is 11.3 Å². The van der Waals surface area contributed by atoms with Gasteiger partial charge < -0.3 is 16.0 Å². The molecule has 0 radical (unpaired) electrons. The number of anilines is 1. The first kappa shape index (κ1) is 12.8. The summed E-state index contributed by atoms with van der Waals surface area (Å²) in [7, 11) is 0. The molecule has 0 aliphatic heterocycles. The third-order valence-corrected chi connectivity index (χ3v) is 3.61. The summed E-state index contributed by atoms with van der Waals surface area (Å²) in [4.78, 5) is 23.3. The van der Waals surface area contributed by atoms with E-state index in [1.807, 2.05) is 23.7 Å². The van der Waals surface area contributed by atoms with Crippen molar-refractivity contribution in [3.63, 3.8) is 0 Å². The minimum atomic E-state index is -0.117. The molecule has 20 heavy (non-hydrogen) atoms. The average Bonchev–Trinajstić information content (AvgIpc) is 3.05. The standard InChI is InChI=1S/C13H13N5OS/c14-4-3-11(19)18-13-17-10(7-20-13)9-6-16-12-8(9)2-1-5-15-12/h1-2,5-7H,3-4,14H2,(H,15,16)(H,17,18,19). The zero-order valence-electron chi connectivity index (χ0n) is 10.6. The Hall–Kier alpha value is -2.25. The lowest BCUT2D eigenvalue weighted by Gasteiger charge is -1.98. The van der Waals surface area contributed by atoms with Gasteiger partial charge in [0.1, 0.15) is 5.65 Å². The summed E-state index contributed by atoms with van der Waals surface area (Å²) in [5.74, 6) is -0.117. The molecule has 0 spiro atoms. The maximum Gasteiger partial charge on any atom is 0.227 e. The van der Waals surface area contributed by atoms with E-state index in [1.165, 1.54) is 11.3 Å². The van der Waals surface area contributed by atoms with Crippen LogP contribution in [0.15, 0.2) is 29.9 Å². The van der Waals surface area contributed by atoms with Gasteiger partial charge in [0.15, 0.2) is 5.13 Å². The van der Waals surface area contributed by atoms with Crippen molar-refractivity contribution < 1.29 is 4.79 Å². The lowest BCUT2D eigenvalue weighted by atomic mass is 10.2. The number of amides is 1. The second-order valence-electron chi connectivity index (χ2n) is 4.23. The van der Waals surface area contributed by atoms with Crippen LogP contribution in [0.4, 0.5) is 5.13 Å². The molecule has 0 saturated heterocycles. The fraction of sp³-hybridized carbons (Fsp3) is 0.154. The van der Waals surface area contributed by atoms with Crippen LogP contribution in [0.25, 0.3) is 22.3 Å². The molecule has 3 aromatic rings. The maximum absolute atomic E-state index is 11.5. The van der Waals surface area contributed by atoms with Gasteiger partial charge in [-0.3, -0.25) is 4.79 Å². The number of H-pyrrole nitrogens is 1. The molecule has 0 unspecified atom stereocenters. The number of fused-ring (bicyclic) bond motifs is 1. The van der Waals surface area contributed by atoms with E-state index in [9.17, 15) is 4.79 Å². The van der Waals surface area contributed by atoms with Gasteiger partial charge in [-0.2, -0.15) is 0 Å². The van der Waals surface area contributed by atoms with Gasteiger partial charge in [0, 0.05) is 41.7 Å².